The Morgan fingerprint density at radius 2 is 1.96 bits per heavy atom. The zero-order valence-electron chi connectivity index (χ0n) is 14.6. The summed E-state index contributed by atoms with van der Waals surface area (Å²) in [6.07, 6.45) is 0.373. The first-order valence-corrected chi connectivity index (χ1v) is 8.65. The minimum Gasteiger partial charge on any atom is -0.495 e. The third-order valence-electron chi connectivity index (χ3n) is 4.13. The van der Waals surface area contributed by atoms with E-state index in [1.54, 1.807) is 12.1 Å². The van der Waals surface area contributed by atoms with Crippen molar-refractivity contribution in [3.8, 4) is 5.75 Å². The number of carbonyl (C=O) groups is 3. The Morgan fingerprint density at radius 3 is 2.63 bits per heavy atom. The van der Waals surface area contributed by atoms with Crippen molar-refractivity contribution < 1.29 is 19.1 Å². The first-order chi connectivity index (χ1) is 13.0. The lowest BCUT2D eigenvalue weighted by Crippen LogP contribution is -2.38. The number of urea groups is 1. The molecule has 2 aromatic rings. The fraction of sp³-hybridized carbons (Fsp3) is 0.211. The standard InChI is InChI=1S/C19H18ClN3O4/c1-27-16-8-7-13(10-14(16)20)21-17(24)11-23-18(25)15(22-19(23)26)9-12-5-3-2-4-6-12/h2-8,10,15H,9,11H2,1H3,(H,21,24)(H,22,26)/t15-/m0/s1. The molecule has 7 nitrogen and oxygen atoms in total. The number of benzene rings is 2. The van der Waals surface area contributed by atoms with E-state index in [4.69, 9.17) is 16.3 Å². The molecule has 0 unspecified atom stereocenters. The Bertz CT molecular complexity index is 873. The Labute approximate surface area is 161 Å². The number of methoxy groups -OCH3 is 1. The second-order valence-corrected chi connectivity index (χ2v) is 6.42. The Balaban J connectivity index is 1.61. The van der Waals surface area contributed by atoms with E-state index >= 15 is 0 Å². The van der Waals surface area contributed by atoms with Crippen molar-refractivity contribution in [1.82, 2.24) is 10.2 Å². The molecule has 2 N–H and O–H groups in total. The summed E-state index contributed by atoms with van der Waals surface area (Å²) in [7, 11) is 1.49. The summed E-state index contributed by atoms with van der Waals surface area (Å²) in [5.41, 5.74) is 1.37. The normalized spacial score (nSPS) is 16.2. The molecule has 1 saturated heterocycles. The number of halogens is 1. The predicted octanol–water partition coefficient (Wildman–Crippen LogP) is 2.45. The quantitative estimate of drug-likeness (QED) is 0.745. The van der Waals surface area contributed by atoms with Gasteiger partial charge in [0.25, 0.3) is 5.91 Å². The first kappa shape index (κ1) is 18.7. The Kier molecular flexibility index (Phi) is 5.61. The number of nitrogens with one attached hydrogen (secondary N) is 2. The molecule has 1 fully saturated rings. The highest BCUT2D eigenvalue weighted by molar-refractivity contribution is 6.32. The van der Waals surface area contributed by atoms with Crippen molar-refractivity contribution in [3.63, 3.8) is 0 Å². The maximum absolute atomic E-state index is 12.5. The van der Waals surface area contributed by atoms with Crippen LogP contribution in [0.25, 0.3) is 0 Å². The van der Waals surface area contributed by atoms with E-state index in [1.807, 2.05) is 30.3 Å². The number of anilines is 1. The summed E-state index contributed by atoms with van der Waals surface area (Å²) in [6, 6.07) is 12.9. The summed E-state index contributed by atoms with van der Waals surface area (Å²) in [4.78, 5) is 37.7. The van der Waals surface area contributed by atoms with Gasteiger partial charge >= 0.3 is 6.03 Å². The highest BCUT2D eigenvalue weighted by Gasteiger charge is 2.38. The molecular weight excluding hydrogens is 370 g/mol. The van der Waals surface area contributed by atoms with Crippen LogP contribution in [0.1, 0.15) is 5.56 Å². The Morgan fingerprint density at radius 1 is 1.22 bits per heavy atom. The molecule has 27 heavy (non-hydrogen) atoms. The van der Waals surface area contributed by atoms with Crippen LogP contribution < -0.4 is 15.4 Å². The van der Waals surface area contributed by atoms with Crippen LogP contribution in [0.4, 0.5) is 10.5 Å². The maximum Gasteiger partial charge on any atom is 0.325 e. The predicted molar refractivity (Wildman–Crippen MR) is 101 cm³/mol. The van der Waals surface area contributed by atoms with Gasteiger partial charge in [0, 0.05) is 12.1 Å². The van der Waals surface area contributed by atoms with Crippen molar-refractivity contribution in [2.75, 3.05) is 19.0 Å². The van der Waals surface area contributed by atoms with E-state index in [1.165, 1.54) is 13.2 Å². The molecule has 4 amide bonds. The topological polar surface area (TPSA) is 87.7 Å². The Hall–Kier alpha value is -3.06. The van der Waals surface area contributed by atoms with Gasteiger partial charge in [-0.2, -0.15) is 0 Å². The molecule has 1 atom stereocenters. The van der Waals surface area contributed by atoms with Crippen LogP contribution in [0.15, 0.2) is 48.5 Å². The van der Waals surface area contributed by atoms with E-state index in [0.29, 0.717) is 22.9 Å². The van der Waals surface area contributed by atoms with Gasteiger partial charge in [-0.3, -0.25) is 14.5 Å². The van der Waals surface area contributed by atoms with E-state index in [2.05, 4.69) is 10.6 Å². The molecule has 0 aliphatic carbocycles. The number of carbonyl (C=O) groups excluding carboxylic acids is 3. The fourth-order valence-electron chi connectivity index (χ4n) is 2.80. The molecule has 1 aliphatic heterocycles. The van der Waals surface area contributed by atoms with Gasteiger partial charge in [-0.1, -0.05) is 41.9 Å². The monoisotopic (exact) mass is 387 g/mol. The summed E-state index contributed by atoms with van der Waals surface area (Å²) in [6.45, 7) is -0.375. The van der Waals surface area contributed by atoms with E-state index < -0.39 is 23.9 Å². The van der Waals surface area contributed by atoms with Crippen LogP contribution in [0, 0.1) is 0 Å². The van der Waals surface area contributed by atoms with Gasteiger partial charge in [-0.05, 0) is 23.8 Å². The van der Waals surface area contributed by atoms with Gasteiger partial charge in [0.05, 0.1) is 12.1 Å². The second-order valence-electron chi connectivity index (χ2n) is 6.01. The number of ether oxygens (including phenoxy) is 1. The number of amides is 4. The zero-order chi connectivity index (χ0) is 19.4. The van der Waals surface area contributed by atoms with Gasteiger partial charge in [-0.15, -0.1) is 0 Å². The van der Waals surface area contributed by atoms with E-state index in [-0.39, 0.29) is 6.54 Å². The van der Waals surface area contributed by atoms with Gasteiger partial charge < -0.3 is 15.4 Å². The summed E-state index contributed by atoms with van der Waals surface area (Å²) < 4.78 is 5.05. The van der Waals surface area contributed by atoms with Crippen LogP contribution >= 0.6 is 11.6 Å². The van der Waals surface area contributed by atoms with Crippen LogP contribution in [0.2, 0.25) is 5.02 Å². The SMILES string of the molecule is COc1ccc(NC(=O)CN2C(=O)N[C@@H](Cc3ccccc3)C2=O)cc1Cl. The van der Waals surface area contributed by atoms with Crippen LogP contribution in [0.5, 0.6) is 5.75 Å². The minimum atomic E-state index is -0.678. The number of hydrogen-bond acceptors (Lipinski definition) is 4. The average molecular weight is 388 g/mol. The van der Waals surface area contributed by atoms with E-state index in [0.717, 1.165) is 10.5 Å². The molecule has 2 aromatic carbocycles. The smallest absolute Gasteiger partial charge is 0.325 e. The molecular formula is C19H18ClN3O4. The highest BCUT2D eigenvalue weighted by Crippen LogP contribution is 2.27. The lowest BCUT2D eigenvalue weighted by molar-refractivity contribution is -0.130. The van der Waals surface area contributed by atoms with Crippen LogP contribution in [-0.4, -0.2) is 42.4 Å². The van der Waals surface area contributed by atoms with Crippen molar-refractivity contribution in [2.24, 2.45) is 0 Å². The summed E-state index contributed by atoms with van der Waals surface area (Å²) in [5, 5.41) is 5.57. The average Bonchev–Trinajstić information content (AvgIpc) is 2.90. The fourth-order valence-corrected chi connectivity index (χ4v) is 3.06. The van der Waals surface area contributed by atoms with Crippen molar-refractivity contribution in [2.45, 2.75) is 12.5 Å². The lowest BCUT2D eigenvalue weighted by Gasteiger charge is -2.13. The molecule has 140 valence electrons. The molecule has 0 saturated carbocycles. The third kappa shape index (κ3) is 4.38. The summed E-state index contributed by atoms with van der Waals surface area (Å²) >= 11 is 6.02. The molecule has 0 aromatic heterocycles. The maximum atomic E-state index is 12.5. The number of rotatable bonds is 6. The number of nitrogens with zero attached hydrogens (tertiary/aromatic N) is 1. The second kappa shape index (κ2) is 8.09. The number of hydrogen-bond donors (Lipinski definition) is 2. The third-order valence-corrected chi connectivity index (χ3v) is 4.42. The van der Waals surface area contributed by atoms with Crippen molar-refractivity contribution in [3.05, 3.63) is 59.1 Å². The van der Waals surface area contributed by atoms with Crippen molar-refractivity contribution >= 4 is 35.1 Å². The zero-order valence-corrected chi connectivity index (χ0v) is 15.3. The van der Waals surface area contributed by atoms with Gasteiger partial charge in [0.1, 0.15) is 18.3 Å². The van der Waals surface area contributed by atoms with Gasteiger partial charge in [-0.25, -0.2) is 4.79 Å². The molecule has 1 heterocycles. The molecule has 0 spiro atoms. The summed E-state index contributed by atoms with van der Waals surface area (Å²) in [5.74, 6) is -0.445. The van der Waals surface area contributed by atoms with Crippen LogP contribution in [0.3, 0.4) is 0 Å². The van der Waals surface area contributed by atoms with Gasteiger partial charge in [0.2, 0.25) is 5.91 Å². The van der Waals surface area contributed by atoms with Gasteiger partial charge in [0.15, 0.2) is 0 Å². The number of imide groups is 1. The lowest BCUT2D eigenvalue weighted by atomic mass is 10.1. The minimum absolute atomic E-state index is 0.341. The molecule has 0 bridgehead atoms. The molecule has 0 radical (unpaired) electrons. The largest absolute Gasteiger partial charge is 0.495 e. The first-order valence-electron chi connectivity index (χ1n) is 8.27. The molecule has 8 heteroatoms. The van der Waals surface area contributed by atoms with Crippen LogP contribution in [-0.2, 0) is 16.0 Å². The molecule has 3 rings (SSSR count). The molecule has 1 aliphatic rings. The van der Waals surface area contributed by atoms with E-state index in [9.17, 15) is 14.4 Å². The highest BCUT2D eigenvalue weighted by atomic mass is 35.5. The van der Waals surface area contributed by atoms with Crippen molar-refractivity contribution in [1.29, 1.82) is 0 Å².